The van der Waals surface area contributed by atoms with Gasteiger partial charge in [-0.2, -0.15) is 13.2 Å². The minimum atomic E-state index is -4.76. The molecule has 0 aliphatic carbocycles. The summed E-state index contributed by atoms with van der Waals surface area (Å²) in [4.78, 5) is 12.9. The molecule has 0 saturated heterocycles. The van der Waals surface area contributed by atoms with Crippen LogP contribution in [0.5, 0.6) is 0 Å². The third-order valence-electron chi connectivity index (χ3n) is 4.97. The molecule has 1 aliphatic heterocycles. The number of rotatable bonds is 6. The highest BCUT2D eigenvalue weighted by Gasteiger charge is 2.50. The van der Waals surface area contributed by atoms with Gasteiger partial charge < -0.3 is 5.11 Å². The molecule has 1 amide bonds. The van der Waals surface area contributed by atoms with E-state index in [1.165, 1.54) is 24.3 Å². The molecule has 8 heteroatoms. The summed E-state index contributed by atoms with van der Waals surface area (Å²) in [5.74, 6) is -0.823. The number of halogens is 4. The number of allylic oxidation sites excluding steroid dienone is 1. The van der Waals surface area contributed by atoms with Crippen molar-refractivity contribution >= 4 is 17.5 Å². The Balaban J connectivity index is 1.94. The van der Waals surface area contributed by atoms with Crippen LogP contribution < -0.4 is 5.43 Å². The summed E-state index contributed by atoms with van der Waals surface area (Å²) in [5.41, 5.74) is -0.243. The van der Waals surface area contributed by atoms with Crippen molar-refractivity contribution in [3.63, 3.8) is 0 Å². The van der Waals surface area contributed by atoms with E-state index in [1.807, 2.05) is 5.43 Å². The summed E-state index contributed by atoms with van der Waals surface area (Å²) >= 11 is 5.82. The van der Waals surface area contributed by atoms with Gasteiger partial charge in [0.15, 0.2) is 0 Å². The molecule has 3 rings (SSSR count). The Hall–Kier alpha value is -2.51. The number of aryl methyl sites for hydroxylation is 1. The largest absolute Gasteiger partial charge is 0.432 e. The molecular formula is C22H22ClF3N2O2. The van der Waals surface area contributed by atoms with Crippen LogP contribution >= 0.6 is 11.6 Å². The third kappa shape index (κ3) is 4.63. The van der Waals surface area contributed by atoms with E-state index >= 15 is 0 Å². The van der Waals surface area contributed by atoms with Gasteiger partial charge in [-0.25, -0.2) is 5.01 Å². The quantitative estimate of drug-likeness (QED) is 0.600. The van der Waals surface area contributed by atoms with E-state index < -0.39 is 23.5 Å². The third-order valence-corrected chi connectivity index (χ3v) is 5.22. The van der Waals surface area contributed by atoms with Crippen molar-refractivity contribution in [1.29, 1.82) is 0 Å². The summed E-state index contributed by atoms with van der Waals surface area (Å²) in [6.07, 6.45) is -0.147. The molecule has 1 aliphatic rings. The summed E-state index contributed by atoms with van der Waals surface area (Å²) in [7, 11) is 0. The maximum Gasteiger partial charge on any atom is 0.432 e. The Morgan fingerprint density at radius 3 is 2.30 bits per heavy atom. The zero-order valence-electron chi connectivity index (χ0n) is 16.3. The predicted molar refractivity (Wildman–Crippen MR) is 108 cm³/mol. The number of benzene rings is 2. The van der Waals surface area contributed by atoms with Crippen LogP contribution in [0, 0.1) is 0 Å². The number of hydrogen-bond donors (Lipinski definition) is 2. The fourth-order valence-electron chi connectivity index (χ4n) is 3.28. The van der Waals surface area contributed by atoms with Crippen LogP contribution in [-0.4, -0.2) is 22.2 Å². The van der Waals surface area contributed by atoms with Crippen molar-refractivity contribution in [3.05, 3.63) is 82.0 Å². The fourth-order valence-corrected chi connectivity index (χ4v) is 3.41. The fraction of sp³-hybridized carbons (Fsp3) is 0.318. The molecule has 1 unspecified atom stereocenters. The summed E-state index contributed by atoms with van der Waals surface area (Å²) < 4.78 is 40.1. The molecule has 0 radical (unpaired) electrons. The van der Waals surface area contributed by atoms with E-state index in [0.29, 0.717) is 16.1 Å². The van der Waals surface area contributed by atoms with E-state index in [2.05, 4.69) is 6.92 Å². The van der Waals surface area contributed by atoms with E-state index in [9.17, 15) is 23.1 Å². The van der Waals surface area contributed by atoms with Crippen LogP contribution in [0.3, 0.4) is 0 Å². The molecule has 1 heterocycles. The molecule has 160 valence electrons. The van der Waals surface area contributed by atoms with Gasteiger partial charge in [-0.05, 0) is 42.7 Å². The average molecular weight is 439 g/mol. The minimum absolute atomic E-state index is 0.0818. The molecule has 30 heavy (non-hydrogen) atoms. The standard InChI is InChI=1S/C22H22ClF3N2O2/c1-2-3-4-5-15-6-10-17(11-7-15)21(30)14-19(22(24,25)26)27-28(21)20(29)16-8-12-18(23)13-9-16/h6-14,27,30H,2-5H2,1H3. The van der Waals surface area contributed by atoms with Crippen molar-refractivity contribution < 1.29 is 23.1 Å². The Bertz CT molecular complexity index is 927. The smallest absolute Gasteiger partial charge is 0.362 e. The number of aliphatic hydroxyl groups is 1. The number of alkyl halides is 3. The lowest BCUT2D eigenvalue weighted by molar-refractivity contribution is -0.104. The predicted octanol–water partition coefficient (Wildman–Crippen LogP) is 5.32. The summed E-state index contributed by atoms with van der Waals surface area (Å²) in [6.45, 7) is 2.10. The molecule has 2 aromatic rings. The van der Waals surface area contributed by atoms with Gasteiger partial charge in [-0.3, -0.25) is 10.2 Å². The first kappa shape index (κ1) is 22.2. The van der Waals surface area contributed by atoms with Gasteiger partial charge in [0.25, 0.3) is 5.91 Å². The van der Waals surface area contributed by atoms with Gasteiger partial charge in [0.2, 0.25) is 5.72 Å². The number of nitrogens with one attached hydrogen (secondary N) is 1. The molecule has 2 N–H and O–H groups in total. The number of hydrazine groups is 1. The highest BCUT2D eigenvalue weighted by molar-refractivity contribution is 6.30. The first-order valence-corrected chi connectivity index (χ1v) is 10.0. The van der Waals surface area contributed by atoms with E-state index in [-0.39, 0.29) is 11.1 Å². The second-order valence-corrected chi connectivity index (χ2v) is 7.63. The highest BCUT2D eigenvalue weighted by Crippen LogP contribution is 2.38. The molecule has 2 aromatic carbocycles. The monoisotopic (exact) mass is 438 g/mol. The Morgan fingerprint density at radius 1 is 1.10 bits per heavy atom. The van der Waals surface area contributed by atoms with Gasteiger partial charge in [0.05, 0.1) is 0 Å². The van der Waals surface area contributed by atoms with Crippen LogP contribution in [-0.2, 0) is 12.1 Å². The van der Waals surface area contributed by atoms with Gasteiger partial charge in [-0.1, -0.05) is 55.6 Å². The van der Waals surface area contributed by atoms with Gasteiger partial charge >= 0.3 is 6.18 Å². The first-order chi connectivity index (χ1) is 14.1. The lowest BCUT2D eigenvalue weighted by atomic mass is 9.98. The maximum absolute atomic E-state index is 13.4. The van der Waals surface area contributed by atoms with Crippen LogP contribution in [0.15, 0.2) is 60.3 Å². The Kier molecular flexibility index (Phi) is 6.43. The summed E-state index contributed by atoms with van der Waals surface area (Å²) in [5, 5.41) is 12.2. The normalized spacial score (nSPS) is 18.9. The van der Waals surface area contributed by atoms with Crippen LogP contribution in [0.25, 0.3) is 0 Å². The molecule has 0 spiro atoms. The van der Waals surface area contributed by atoms with Crippen molar-refractivity contribution in [2.45, 2.75) is 44.5 Å². The number of carbonyl (C=O) groups is 1. The molecular weight excluding hydrogens is 417 g/mol. The topological polar surface area (TPSA) is 52.6 Å². The zero-order valence-corrected chi connectivity index (χ0v) is 17.1. The van der Waals surface area contributed by atoms with Crippen LogP contribution in [0.4, 0.5) is 13.2 Å². The Labute approximate surface area is 177 Å². The number of carbonyl (C=O) groups excluding carboxylic acids is 1. The van der Waals surface area contributed by atoms with Gasteiger partial charge in [-0.15, -0.1) is 0 Å². The lowest BCUT2D eigenvalue weighted by Crippen LogP contribution is -2.51. The molecule has 1 atom stereocenters. The highest BCUT2D eigenvalue weighted by atomic mass is 35.5. The number of unbranched alkanes of at least 4 members (excludes halogenated alkanes) is 2. The van der Waals surface area contributed by atoms with Gasteiger partial charge in [0, 0.05) is 22.2 Å². The van der Waals surface area contributed by atoms with Gasteiger partial charge in [0.1, 0.15) is 5.70 Å². The molecule has 0 fully saturated rings. The molecule has 0 aromatic heterocycles. The van der Waals surface area contributed by atoms with Crippen molar-refractivity contribution in [2.75, 3.05) is 0 Å². The zero-order chi connectivity index (χ0) is 21.9. The number of amides is 1. The molecule has 0 bridgehead atoms. The van der Waals surface area contributed by atoms with Crippen LogP contribution in [0.1, 0.15) is 47.7 Å². The minimum Gasteiger partial charge on any atom is -0.362 e. The Morgan fingerprint density at radius 2 is 1.73 bits per heavy atom. The van der Waals surface area contributed by atoms with E-state index in [1.54, 1.807) is 24.3 Å². The second kappa shape index (κ2) is 8.70. The average Bonchev–Trinajstić information content (AvgIpc) is 3.08. The van der Waals surface area contributed by atoms with E-state index in [0.717, 1.165) is 31.2 Å². The SMILES string of the molecule is CCCCCc1ccc(C2(O)C=C(C(F)(F)F)NN2C(=O)c2ccc(Cl)cc2)cc1. The summed E-state index contributed by atoms with van der Waals surface area (Å²) in [6, 6.07) is 12.3. The van der Waals surface area contributed by atoms with Crippen molar-refractivity contribution in [1.82, 2.24) is 10.4 Å². The molecule has 4 nitrogen and oxygen atoms in total. The molecule has 0 saturated carbocycles. The van der Waals surface area contributed by atoms with Crippen molar-refractivity contribution in [3.8, 4) is 0 Å². The first-order valence-electron chi connectivity index (χ1n) is 9.64. The van der Waals surface area contributed by atoms with E-state index in [4.69, 9.17) is 11.6 Å². The second-order valence-electron chi connectivity index (χ2n) is 7.20. The number of nitrogens with zero attached hydrogens (tertiary/aromatic N) is 1. The maximum atomic E-state index is 13.4. The van der Waals surface area contributed by atoms with Crippen LogP contribution in [0.2, 0.25) is 5.02 Å². The lowest BCUT2D eigenvalue weighted by Gasteiger charge is -2.33. The van der Waals surface area contributed by atoms with Crippen molar-refractivity contribution in [2.24, 2.45) is 0 Å². The number of hydrogen-bond acceptors (Lipinski definition) is 3.